The topological polar surface area (TPSA) is 70.5 Å². The summed E-state index contributed by atoms with van der Waals surface area (Å²) >= 11 is 0. The summed E-state index contributed by atoms with van der Waals surface area (Å²) in [6.07, 6.45) is 5.66. The number of amides is 2. The third-order valence-corrected chi connectivity index (χ3v) is 6.88. The number of hydrogen-bond acceptors (Lipinski definition) is 4. The Morgan fingerprint density at radius 2 is 1.68 bits per heavy atom. The smallest absolute Gasteiger partial charge is 0.245 e. The third kappa shape index (κ3) is 4.76. The van der Waals surface area contributed by atoms with Gasteiger partial charge >= 0.3 is 0 Å². The third-order valence-electron chi connectivity index (χ3n) is 6.88. The first kappa shape index (κ1) is 21.8. The standard InChI is InChI=1S/C24H35N5O2/c1-17(2)26-23(30)19-8-12-27(13-9-19)20-10-14-28(15-11-20)24(31)18(3)29-16-25-21-6-4-5-7-22(21)29/h4-7,16-20H,8-15H2,1-3H3,(H,26,30). The van der Waals surface area contributed by atoms with Crippen LogP contribution in [0.2, 0.25) is 0 Å². The van der Waals surface area contributed by atoms with E-state index >= 15 is 0 Å². The Hall–Kier alpha value is -2.41. The summed E-state index contributed by atoms with van der Waals surface area (Å²) in [5, 5.41) is 3.05. The predicted octanol–water partition coefficient (Wildman–Crippen LogP) is 2.82. The molecule has 2 aliphatic heterocycles. The van der Waals surface area contributed by atoms with Crippen LogP contribution in [0, 0.1) is 5.92 Å². The number of piperidine rings is 2. The second-order valence-electron chi connectivity index (χ2n) is 9.35. The molecule has 2 aliphatic rings. The zero-order valence-corrected chi connectivity index (χ0v) is 19.0. The summed E-state index contributed by atoms with van der Waals surface area (Å²) in [6.45, 7) is 9.55. The predicted molar refractivity (Wildman–Crippen MR) is 122 cm³/mol. The van der Waals surface area contributed by atoms with Crippen molar-refractivity contribution < 1.29 is 9.59 Å². The molecule has 2 amide bonds. The molecule has 0 aliphatic carbocycles. The number of nitrogens with zero attached hydrogens (tertiary/aromatic N) is 4. The van der Waals surface area contributed by atoms with E-state index < -0.39 is 0 Å². The maximum Gasteiger partial charge on any atom is 0.245 e. The Morgan fingerprint density at radius 3 is 2.35 bits per heavy atom. The fourth-order valence-electron chi connectivity index (χ4n) is 5.05. The van der Waals surface area contributed by atoms with Gasteiger partial charge in [0.1, 0.15) is 6.04 Å². The van der Waals surface area contributed by atoms with Crippen LogP contribution in [0.1, 0.15) is 52.5 Å². The summed E-state index contributed by atoms with van der Waals surface area (Å²) < 4.78 is 1.98. The molecule has 168 valence electrons. The van der Waals surface area contributed by atoms with Gasteiger partial charge < -0.3 is 19.7 Å². The van der Waals surface area contributed by atoms with Gasteiger partial charge in [-0.25, -0.2) is 4.98 Å². The maximum atomic E-state index is 13.1. The van der Waals surface area contributed by atoms with Gasteiger partial charge in [-0.15, -0.1) is 0 Å². The molecular formula is C24H35N5O2. The van der Waals surface area contributed by atoms with E-state index in [0.29, 0.717) is 6.04 Å². The highest BCUT2D eigenvalue weighted by Crippen LogP contribution is 2.26. The highest BCUT2D eigenvalue weighted by atomic mass is 16.2. The number of fused-ring (bicyclic) bond motifs is 1. The Labute approximate surface area is 184 Å². The van der Waals surface area contributed by atoms with Crippen LogP contribution in [-0.4, -0.2) is 69.4 Å². The second-order valence-corrected chi connectivity index (χ2v) is 9.35. The van der Waals surface area contributed by atoms with Crippen molar-refractivity contribution in [2.45, 2.75) is 64.6 Å². The molecule has 2 fully saturated rings. The van der Waals surface area contributed by atoms with Crippen molar-refractivity contribution >= 4 is 22.8 Å². The average Bonchev–Trinajstić information content (AvgIpc) is 3.22. The molecule has 0 saturated carbocycles. The Morgan fingerprint density at radius 1 is 1.00 bits per heavy atom. The quantitative estimate of drug-likeness (QED) is 0.800. The summed E-state index contributed by atoms with van der Waals surface area (Å²) in [6, 6.07) is 8.42. The van der Waals surface area contributed by atoms with Crippen molar-refractivity contribution in [3.8, 4) is 0 Å². The normalized spacial score (nSPS) is 20.3. The zero-order chi connectivity index (χ0) is 22.0. The molecule has 3 heterocycles. The van der Waals surface area contributed by atoms with E-state index in [1.165, 1.54) is 0 Å². The first-order chi connectivity index (χ1) is 14.9. The number of rotatable bonds is 5. The molecule has 1 N–H and O–H groups in total. The molecule has 1 aromatic carbocycles. The van der Waals surface area contributed by atoms with E-state index in [1.54, 1.807) is 6.33 Å². The van der Waals surface area contributed by atoms with Gasteiger partial charge in [-0.1, -0.05) is 12.1 Å². The number of hydrogen-bond donors (Lipinski definition) is 1. The molecule has 7 nitrogen and oxygen atoms in total. The van der Waals surface area contributed by atoms with Crippen molar-refractivity contribution in [3.63, 3.8) is 0 Å². The van der Waals surface area contributed by atoms with E-state index in [-0.39, 0.29) is 29.8 Å². The van der Waals surface area contributed by atoms with E-state index in [9.17, 15) is 9.59 Å². The fourth-order valence-corrected chi connectivity index (χ4v) is 5.05. The van der Waals surface area contributed by atoms with Gasteiger partial charge in [0.05, 0.1) is 17.4 Å². The van der Waals surface area contributed by atoms with Crippen LogP contribution >= 0.6 is 0 Å². The summed E-state index contributed by atoms with van der Waals surface area (Å²) in [5.41, 5.74) is 1.92. The number of para-hydroxylation sites is 2. The van der Waals surface area contributed by atoms with Crippen LogP contribution in [-0.2, 0) is 9.59 Å². The van der Waals surface area contributed by atoms with E-state index in [4.69, 9.17) is 0 Å². The minimum Gasteiger partial charge on any atom is -0.354 e. The molecule has 0 spiro atoms. The number of carbonyl (C=O) groups is 2. The number of aromatic nitrogens is 2. The van der Waals surface area contributed by atoms with Gasteiger partial charge in [0.2, 0.25) is 11.8 Å². The largest absolute Gasteiger partial charge is 0.354 e. The molecule has 2 saturated heterocycles. The first-order valence-electron chi connectivity index (χ1n) is 11.7. The molecule has 7 heteroatoms. The Kier molecular flexibility index (Phi) is 6.60. The van der Waals surface area contributed by atoms with Crippen molar-refractivity contribution in [2.75, 3.05) is 26.2 Å². The SMILES string of the molecule is CC(C)NC(=O)C1CCN(C2CCN(C(=O)C(C)n3cnc4ccccc43)CC2)CC1. The van der Waals surface area contributed by atoms with Crippen molar-refractivity contribution in [2.24, 2.45) is 5.92 Å². The molecule has 31 heavy (non-hydrogen) atoms. The van der Waals surface area contributed by atoms with E-state index in [1.807, 2.05) is 54.5 Å². The zero-order valence-electron chi connectivity index (χ0n) is 19.0. The van der Waals surface area contributed by atoms with Gasteiger partial charge in [-0.2, -0.15) is 0 Å². The van der Waals surface area contributed by atoms with Crippen LogP contribution in [0.3, 0.4) is 0 Å². The first-order valence-corrected chi connectivity index (χ1v) is 11.7. The monoisotopic (exact) mass is 425 g/mol. The highest BCUT2D eigenvalue weighted by Gasteiger charge is 2.33. The maximum absolute atomic E-state index is 13.1. The highest BCUT2D eigenvalue weighted by molar-refractivity contribution is 5.83. The van der Waals surface area contributed by atoms with Crippen LogP contribution < -0.4 is 5.32 Å². The summed E-state index contributed by atoms with van der Waals surface area (Å²) in [4.78, 5) is 34.4. The fraction of sp³-hybridized carbons (Fsp3) is 0.625. The lowest BCUT2D eigenvalue weighted by molar-refractivity contribution is -0.136. The number of likely N-dealkylation sites (tertiary alicyclic amines) is 2. The van der Waals surface area contributed by atoms with E-state index in [2.05, 4.69) is 15.2 Å². The van der Waals surface area contributed by atoms with Gasteiger partial charge in [-0.05, 0) is 71.7 Å². The van der Waals surface area contributed by atoms with Crippen LogP contribution in [0.4, 0.5) is 0 Å². The van der Waals surface area contributed by atoms with Crippen molar-refractivity contribution in [1.29, 1.82) is 0 Å². The molecular weight excluding hydrogens is 390 g/mol. The van der Waals surface area contributed by atoms with Gasteiger partial charge in [0.15, 0.2) is 0 Å². The van der Waals surface area contributed by atoms with Crippen LogP contribution in [0.25, 0.3) is 11.0 Å². The van der Waals surface area contributed by atoms with Gasteiger partial charge in [0, 0.05) is 31.1 Å². The molecule has 1 unspecified atom stereocenters. The number of benzene rings is 1. The Bertz CT molecular complexity index is 908. The average molecular weight is 426 g/mol. The molecule has 2 aromatic rings. The number of nitrogens with one attached hydrogen (secondary N) is 1. The minimum absolute atomic E-state index is 0.145. The van der Waals surface area contributed by atoms with Crippen LogP contribution in [0.5, 0.6) is 0 Å². The van der Waals surface area contributed by atoms with Crippen molar-refractivity contribution in [1.82, 2.24) is 24.7 Å². The van der Waals surface area contributed by atoms with Gasteiger partial charge in [-0.3, -0.25) is 9.59 Å². The lowest BCUT2D eigenvalue weighted by Gasteiger charge is -2.42. The van der Waals surface area contributed by atoms with Gasteiger partial charge in [0.25, 0.3) is 0 Å². The second kappa shape index (κ2) is 9.39. The molecule has 0 radical (unpaired) electrons. The molecule has 4 rings (SSSR count). The van der Waals surface area contributed by atoms with E-state index in [0.717, 1.165) is 62.9 Å². The minimum atomic E-state index is -0.251. The van der Waals surface area contributed by atoms with Crippen molar-refractivity contribution in [3.05, 3.63) is 30.6 Å². The lowest BCUT2D eigenvalue weighted by Crippen LogP contribution is -2.51. The lowest BCUT2D eigenvalue weighted by atomic mass is 9.92. The molecule has 1 aromatic heterocycles. The Balaban J connectivity index is 1.28. The summed E-state index contributed by atoms with van der Waals surface area (Å²) in [7, 11) is 0. The van der Waals surface area contributed by atoms with Crippen LogP contribution in [0.15, 0.2) is 30.6 Å². The molecule has 0 bridgehead atoms. The number of carbonyl (C=O) groups excluding carboxylic acids is 2. The number of imidazole rings is 1. The molecule has 1 atom stereocenters. The summed E-state index contributed by atoms with van der Waals surface area (Å²) in [5.74, 6) is 0.521.